The van der Waals surface area contributed by atoms with Gasteiger partial charge in [-0.05, 0) is 43.4 Å². The normalized spacial score (nSPS) is 11.2. The summed E-state index contributed by atoms with van der Waals surface area (Å²) in [6, 6.07) is 11.5. The largest absolute Gasteiger partial charge is 0.481 e. The van der Waals surface area contributed by atoms with Crippen LogP contribution in [0.3, 0.4) is 0 Å². The molecule has 0 radical (unpaired) electrons. The van der Waals surface area contributed by atoms with E-state index < -0.39 is 5.82 Å². The van der Waals surface area contributed by atoms with E-state index in [1.807, 2.05) is 12.1 Å². The van der Waals surface area contributed by atoms with Crippen molar-refractivity contribution in [2.24, 2.45) is 0 Å². The molecule has 0 fully saturated rings. The lowest BCUT2D eigenvalue weighted by atomic mass is 10.3. The molecule has 3 rings (SSSR count). The summed E-state index contributed by atoms with van der Waals surface area (Å²) in [5, 5.41) is 1.20. The van der Waals surface area contributed by atoms with Gasteiger partial charge in [0.25, 0.3) is 5.91 Å². The summed E-state index contributed by atoms with van der Waals surface area (Å²) in [6.07, 6.45) is 0. The van der Waals surface area contributed by atoms with Gasteiger partial charge in [0.2, 0.25) is 0 Å². The van der Waals surface area contributed by atoms with Crippen LogP contribution in [0.25, 0.3) is 10.2 Å². The number of para-hydroxylation sites is 1. The molecule has 1 aromatic heterocycles. The van der Waals surface area contributed by atoms with Gasteiger partial charge in [-0.3, -0.25) is 9.69 Å². The van der Waals surface area contributed by atoms with Crippen molar-refractivity contribution in [2.75, 3.05) is 37.7 Å². The van der Waals surface area contributed by atoms with Crippen molar-refractivity contribution in [3.63, 3.8) is 0 Å². The lowest BCUT2D eigenvalue weighted by Gasteiger charge is -2.24. The lowest BCUT2D eigenvalue weighted by Crippen LogP contribution is -2.41. The number of nitrogens with zero attached hydrogens (tertiary/aromatic N) is 3. The molecule has 1 heterocycles. The first kappa shape index (κ1) is 21.5. The number of aromatic nitrogens is 1. The Labute approximate surface area is 178 Å². The van der Waals surface area contributed by atoms with Gasteiger partial charge in [0, 0.05) is 18.1 Å². The molecule has 8 heteroatoms. The van der Waals surface area contributed by atoms with E-state index in [9.17, 15) is 9.18 Å². The molecular formula is C21H23ClFN3O2S. The molecule has 0 aliphatic heterocycles. The molecule has 0 unspecified atom stereocenters. The fourth-order valence-electron chi connectivity index (χ4n) is 2.89. The van der Waals surface area contributed by atoms with Crippen LogP contribution in [0.5, 0.6) is 5.75 Å². The molecule has 29 heavy (non-hydrogen) atoms. The van der Waals surface area contributed by atoms with Crippen LogP contribution in [0.4, 0.5) is 9.52 Å². The zero-order chi connectivity index (χ0) is 20.8. The third kappa shape index (κ3) is 5.44. The van der Waals surface area contributed by atoms with Gasteiger partial charge in [-0.25, -0.2) is 9.37 Å². The van der Waals surface area contributed by atoms with Gasteiger partial charge in [-0.1, -0.05) is 48.9 Å². The Morgan fingerprint density at radius 1 is 1.17 bits per heavy atom. The maximum absolute atomic E-state index is 13.8. The molecule has 154 valence electrons. The van der Waals surface area contributed by atoms with Crippen LogP contribution in [-0.2, 0) is 4.79 Å². The van der Waals surface area contributed by atoms with E-state index in [1.165, 1.54) is 23.5 Å². The van der Waals surface area contributed by atoms with Crippen molar-refractivity contribution in [1.82, 2.24) is 9.88 Å². The average molecular weight is 436 g/mol. The van der Waals surface area contributed by atoms with E-state index in [2.05, 4.69) is 23.7 Å². The van der Waals surface area contributed by atoms with Crippen molar-refractivity contribution < 1.29 is 13.9 Å². The van der Waals surface area contributed by atoms with E-state index in [0.29, 0.717) is 23.2 Å². The first-order valence-corrected chi connectivity index (χ1v) is 10.7. The minimum Gasteiger partial charge on any atom is -0.481 e. The summed E-state index contributed by atoms with van der Waals surface area (Å²) in [6.45, 7) is 6.84. The Morgan fingerprint density at radius 3 is 2.66 bits per heavy atom. The van der Waals surface area contributed by atoms with Crippen LogP contribution in [0.1, 0.15) is 13.8 Å². The minimum atomic E-state index is -0.496. The van der Waals surface area contributed by atoms with Gasteiger partial charge >= 0.3 is 0 Å². The first-order chi connectivity index (χ1) is 14.0. The number of ether oxygens (including phenoxy) is 1. The molecule has 0 atom stereocenters. The highest BCUT2D eigenvalue weighted by atomic mass is 35.5. The number of thiazole rings is 1. The molecule has 0 bridgehead atoms. The molecule has 5 nitrogen and oxygen atoms in total. The number of hydrogen-bond acceptors (Lipinski definition) is 5. The molecule has 0 spiro atoms. The van der Waals surface area contributed by atoms with Crippen LogP contribution in [0.15, 0.2) is 42.5 Å². The van der Waals surface area contributed by atoms with Gasteiger partial charge in [0.1, 0.15) is 0 Å². The van der Waals surface area contributed by atoms with Gasteiger partial charge in [-0.2, -0.15) is 0 Å². The first-order valence-electron chi connectivity index (χ1n) is 9.48. The predicted octanol–water partition coefficient (Wildman–Crippen LogP) is 4.84. The second-order valence-electron chi connectivity index (χ2n) is 6.40. The Hall–Kier alpha value is -2.22. The number of amides is 1. The number of halogens is 2. The van der Waals surface area contributed by atoms with Crippen LogP contribution < -0.4 is 9.64 Å². The highest BCUT2D eigenvalue weighted by Gasteiger charge is 2.21. The molecule has 3 aromatic rings. The lowest BCUT2D eigenvalue weighted by molar-refractivity contribution is -0.120. The third-order valence-corrected chi connectivity index (χ3v) is 5.87. The van der Waals surface area contributed by atoms with Gasteiger partial charge in [0.15, 0.2) is 23.3 Å². The summed E-state index contributed by atoms with van der Waals surface area (Å²) in [5.74, 6) is -0.712. The Bertz CT molecular complexity index is 977. The quantitative estimate of drug-likeness (QED) is 0.482. The number of fused-ring (bicyclic) bond motifs is 1. The number of likely N-dealkylation sites (N-methyl/N-ethyl adjacent to an activating group) is 1. The van der Waals surface area contributed by atoms with Crippen LogP contribution in [0.2, 0.25) is 5.02 Å². The number of anilines is 1. The molecule has 0 aliphatic carbocycles. The van der Waals surface area contributed by atoms with Crippen molar-refractivity contribution in [2.45, 2.75) is 13.8 Å². The molecule has 2 aromatic carbocycles. The Kier molecular flexibility index (Phi) is 7.41. The van der Waals surface area contributed by atoms with Gasteiger partial charge < -0.3 is 9.64 Å². The Balaban J connectivity index is 1.80. The third-order valence-electron chi connectivity index (χ3n) is 4.59. The van der Waals surface area contributed by atoms with Gasteiger partial charge in [-0.15, -0.1) is 0 Å². The maximum Gasteiger partial charge on any atom is 0.266 e. The number of hydrogen-bond donors (Lipinski definition) is 0. The Morgan fingerprint density at radius 2 is 1.93 bits per heavy atom. The van der Waals surface area contributed by atoms with E-state index in [-0.39, 0.29) is 18.3 Å². The molecule has 0 aliphatic rings. The average Bonchev–Trinajstić information content (AvgIpc) is 3.13. The number of carbonyl (C=O) groups excluding carboxylic acids is 1. The monoisotopic (exact) mass is 435 g/mol. The van der Waals surface area contributed by atoms with Crippen LogP contribution >= 0.6 is 22.9 Å². The summed E-state index contributed by atoms with van der Waals surface area (Å²) in [7, 11) is 0. The smallest absolute Gasteiger partial charge is 0.266 e. The predicted molar refractivity (Wildman–Crippen MR) is 117 cm³/mol. The van der Waals surface area contributed by atoms with Crippen LogP contribution in [-0.4, -0.2) is 48.6 Å². The molecular weight excluding hydrogens is 413 g/mol. The second-order valence-corrected chi connectivity index (χ2v) is 7.85. The topological polar surface area (TPSA) is 45.7 Å². The summed E-state index contributed by atoms with van der Waals surface area (Å²) in [5.41, 5.74) is 0.782. The second kappa shape index (κ2) is 10.0. The van der Waals surface area contributed by atoms with E-state index in [4.69, 9.17) is 16.3 Å². The highest BCUT2D eigenvalue weighted by molar-refractivity contribution is 7.22. The van der Waals surface area contributed by atoms with Crippen LogP contribution in [0, 0.1) is 5.82 Å². The van der Waals surface area contributed by atoms with E-state index in [1.54, 1.807) is 23.1 Å². The highest BCUT2D eigenvalue weighted by Crippen LogP contribution is 2.31. The van der Waals surface area contributed by atoms with Crippen molar-refractivity contribution in [3.05, 3.63) is 53.3 Å². The molecule has 0 N–H and O–H groups in total. The summed E-state index contributed by atoms with van der Waals surface area (Å²) in [4.78, 5) is 21.4. The van der Waals surface area contributed by atoms with Crippen molar-refractivity contribution in [1.29, 1.82) is 0 Å². The van der Waals surface area contributed by atoms with Crippen molar-refractivity contribution >= 4 is 44.2 Å². The fraction of sp³-hybridized carbons (Fsp3) is 0.333. The minimum absolute atomic E-state index is 0.0561. The summed E-state index contributed by atoms with van der Waals surface area (Å²) < 4.78 is 20.1. The molecule has 0 saturated heterocycles. The van der Waals surface area contributed by atoms with E-state index in [0.717, 1.165) is 23.3 Å². The fourth-order valence-corrected chi connectivity index (χ4v) is 4.17. The molecule has 0 saturated carbocycles. The van der Waals surface area contributed by atoms with Crippen molar-refractivity contribution in [3.8, 4) is 5.75 Å². The number of carbonyl (C=O) groups is 1. The number of rotatable bonds is 9. The number of benzene rings is 2. The standard InChI is InChI=1S/C21H23ClFN3O2S/c1-3-25(4-2)11-12-26(20(27)14-28-18-8-6-5-7-16(18)23)21-24-17-10-9-15(22)13-19(17)29-21/h5-10,13H,3-4,11-12,14H2,1-2H3. The van der Waals surface area contributed by atoms with Gasteiger partial charge in [0.05, 0.1) is 10.2 Å². The maximum atomic E-state index is 13.8. The summed E-state index contributed by atoms with van der Waals surface area (Å²) >= 11 is 7.48. The molecule has 1 amide bonds. The zero-order valence-corrected chi connectivity index (χ0v) is 18.0. The van der Waals surface area contributed by atoms with E-state index >= 15 is 0 Å². The zero-order valence-electron chi connectivity index (χ0n) is 16.4. The SMILES string of the molecule is CCN(CC)CCN(C(=O)COc1ccccc1F)c1nc2ccc(Cl)cc2s1.